The van der Waals surface area contributed by atoms with Crippen molar-refractivity contribution in [2.45, 2.75) is 44.1 Å². The van der Waals surface area contributed by atoms with E-state index < -0.39 is 42.5 Å². The smallest absolute Gasteiger partial charge is 0.451 e. The number of carboxylic acid groups (broad SMARTS) is 2. The standard InChI is InChI=1S/C18H25BN2O9/c20-11(2-4-15(23)24)7-14(22)21-8-12(9-21)30-13-3-1-10(5-6-19(28)29)17(25)16(13)18(26)27/h1,3,11-12,25,28-29H,2,4-9,20H2,(H,23,24)(H,26,27). The second-order valence-electron chi connectivity index (χ2n) is 7.21. The quantitative estimate of drug-likeness (QED) is 0.247. The molecule has 0 bridgehead atoms. The Bertz CT molecular complexity index is 796. The number of aryl methyl sites for hydroxylation is 1. The van der Waals surface area contributed by atoms with Crippen molar-refractivity contribution in [2.24, 2.45) is 5.73 Å². The van der Waals surface area contributed by atoms with Gasteiger partial charge < -0.3 is 40.7 Å². The molecule has 1 amide bonds. The average Bonchev–Trinajstić information content (AvgIpc) is 2.61. The Hall–Kier alpha value is -2.83. The van der Waals surface area contributed by atoms with E-state index in [1.807, 2.05) is 0 Å². The average molecular weight is 424 g/mol. The summed E-state index contributed by atoms with van der Waals surface area (Å²) in [6.45, 7) is 0.422. The minimum atomic E-state index is -1.58. The molecule has 0 aliphatic carbocycles. The summed E-state index contributed by atoms with van der Waals surface area (Å²) in [5.41, 5.74) is 5.57. The Morgan fingerprint density at radius 2 is 1.90 bits per heavy atom. The topological polar surface area (TPSA) is 191 Å². The fraction of sp³-hybridized carbons (Fsp3) is 0.500. The summed E-state index contributed by atoms with van der Waals surface area (Å²) in [6, 6.07) is 2.27. The van der Waals surface area contributed by atoms with E-state index in [1.165, 1.54) is 17.0 Å². The van der Waals surface area contributed by atoms with Gasteiger partial charge in [0.05, 0.1) is 13.1 Å². The van der Waals surface area contributed by atoms with Crippen molar-refractivity contribution in [3.05, 3.63) is 23.3 Å². The van der Waals surface area contributed by atoms with Gasteiger partial charge in [-0.3, -0.25) is 9.59 Å². The number of aromatic carboxylic acids is 1. The number of rotatable bonds is 11. The van der Waals surface area contributed by atoms with Gasteiger partial charge in [-0.2, -0.15) is 0 Å². The van der Waals surface area contributed by atoms with Crippen LogP contribution in [0.4, 0.5) is 0 Å². The molecule has 1 aliphatic heterocycles. The lowest BCUT2D eigenvalue weighted by molar-refractivity contribution is -0.141. The molecular formula is C18H25BN2O9. The Kier molecular flexibility index (Phi) is 8.04. The van der Waals surface area contributed by atoms with E-state index in [0.717, 1.165) is 0 Å². The maximum atomic E-state index is 12.1. The lowest BCUT2D eigenvalue weighted by atomic mass is 9.82. The van der Waals surface area contributed by atoms with Gasteiger partial charge in [0, 0.05) is 18.9 Å². The van der Waals surface area contributed by atoms with Gasteiger partial charge in [0.25, 0.3) is 0 Å². The highest BCUT2D eigenvalue weighted by Gasteiger charge is 2.34. The molecule has 0 aromatic heterocycles. The molecule has 1 aromatic rings. The third-order valence-electron chi connectivity index (χ3n) is 4.77. The zero-order chi connectivity index (χ0) is 22.4. The second-order valence-corrected chi connectivity index (χ2v) is 7.21. The first-order chi connectivity index (χ1) is 14.1. The highest BCUT2D eigenvalue weighted by molar-refractivity contribution is 6.41. The van der Waals surface area contributed by atoms with E-state index in [0.29, 0.717) is 0 Å². The number of aromatic hydroxyl groups is 1. The number of nitrogens with two attached hydrogens (primary N) is 1. The number of amides is 1. The maximum Gasteiger partial charge on any atom is 0.451 e. The fourth-order valence-electron chi connectivity index (χ4n) is 3.07. The lowest BCUT2D eigenvalue weighted by Gasteiger charge is -2.39. The van der Waals surface area contributed by atoms with Crippen LogP contribution in [0.3, 0.4) is 0 Å². The number of ether oxygens (including phenoxy) is 1. The van der Waals surface area contributed by atoms with Crippen molar-refractivity contribution in [2.75, 3.05) is 13.1 Å². The molecule has 0 spiro atoms. The fourth-order valence-corrected chi connectivity index (χ4v) is 3.07. The maximum absolute atomic E-state index is 12.1. The number of aliphatic carboxylic acids is 1. The summed E-state index contributed by atoms with van der Waals surface area (Å²) in [4.78, 5) is 35.7. The van der Waals surface area contributed by atoms with E-state index in [2.05, 4.69) is 0 Å². The predicted octanol–water partition coefficient (Wildman–Crippen LogP) is -0.722. The molecule has 7 N–H and O–H groups in total. The van der Waals surface area contributed by atoms with E-state index >= 15 is 0 Å². The molecule has 1 aromatic carbocycles. The van der Waals surface area contributed by atoms with Gasteiger partial charge in [0.2, 0.25) is 5.91 Å². The van der Waals surface area contributed by atoms with Crippen LogP contribution in [0.25, 0.3) is 0 Å². The van der Waals surface area contributed by atoms with Crippen LogP contribution in [0, 0.1) is 0 Å². The number of nitrogens with zero attached hydrogens (tertiary/aromatic N) is 1. The first kappa shape index (κ1) is 23.5. The van der Waals surface area contributed by atoms with Crippen LogP contribution in [-0.4, -0.2) is 80.5 Å². The zero-order valence-corrected chi connectivity index (χ0v) is 16.2. The number of hydrogen-bond acceptors (Lipinski definition) is 8. The second kappa shape index (κ2) is 10.3. The molecular weight excluding hydrogens is 399 g/mol. The SMILES string of the molecule is NC(CCC(=O)O)CC(=O)N1CC(Oc2ccc(CCB(O)O)c(O)c2C(=O)O)C1. The molecule has 0 radical (unpaired) electrons. The monoisotopic (exact) mass is 424 g/mol. The van der Waals surface area contributed by atoms with E-state index in [4.69, 9.17) is 25.6 Å². The molecule has 1 unspecified atom stereocenters. The molecule has 2 rings (SSSR count). The Morgan fingerprint density at radius 1 is 1.23 bits per heavy atom. The molecule has 12 heteroatoms. The molecule has 1 saturated heterocycles. The Labute approximate surface area is 172 Å². The number of likely N-dealkylation sites (tertiary alicyclic amines) is 1. The minimum absolute atomic E-state index is 0.00652. The zero-order valence-electron chi connectivity index (χ0n) is 16.2. The number of carbonyl (C=O) groups is 3. The van der Waals surface area contributed by atoms with Gasteiger partial charge >= 0.3 is 19.1 Å². The van der Waals surface area contributed by atoms with E-state index in [-0.39, 0.29) is 62.3 Å². The first-order valence-corrected chi connectivity index (χ1v) is 9.44. The highest BCUT2D eigenvalue weighted by atomic mass is 16.5. The van der Waals surface area contributed by atoms with Crippen LogP contribution in [-0.2, 0) is 16.0 Å². The van der Waals surface area contributed by atoms with Gasteiger partial charge in [-0.1, -0.05) is 6.07 Å². The minimum Gasteiger partial charge on any atom is -0.507 e. The van der Waals surface area contributed by atoms with Crippen LogP contribution in [0.2, 0.25) is 6.32 Å². The third kappa shape index (κ3) is 6.34. The number of carboxylic acids is 2. The van der Waals surface area contributed by atoms with Crippen LogP contribution < -0.4 is 10.5 Å². The number of carbonyl (C=O) groups excluding carboxylic acids is 1. The number of benzene rings is 1. The van der Waals surface area contributed by atoms with Gasteiger partial charge in [-0.25, -0.2) is 4.79 Å². The van der Waals surface area contributed by atoms with E-state index in [9.17, 15) is 24.6 Å². The predicted molar refractivity (Wildman–Crippen MR) is 104 cm³/mol. The number of hydrogen-bond donors (Lipinski definition) is 6. The van der Waals surface area contributed by atoms with Gasteiger partial charge in [-0.15, -0.1) is 0 Å². The van der Waals surface area contributed by atoms with Crippen LogP contribution in [0.1, 0.15) is 35.2 Å². The van der Waals surface area contributed by atoms with Crippen molar-refractivity contribution in [1.82, 2.24) is 4.90 Å². The summed E-state index contributed by atoms with van der Waals surface area (Å²) < 4.78 is 5.63. The van der Waals surface area contributed by atoms with Gasteiger partial charge in [0.1, 0.15) is 23.2 Å². The number of phenols is 1. The summed E-state index contributed by atoms with van der Waals surface area (Å²) in [6.07, 6.45) is -0.386. The largest absolute Gasteiger partial charge is 0.507 e. The lowest BCUT2D eigenvalue weighted by Crippen LogP contribution is -2.57. The van der Waals surface area contributed by atoms with Crippen molar-refractivity contribution >= 4 is 25.0 Å². The first-order valence-electron chi connectivity index (χ1n) is 9.44. The molecule has 1 fully saturated rings. The van der Waals surface area contributed by atoms with Crippen LogP contribution in [0.5, 0.6) is 11.5 Å². The van der Waals surface area contributed by atoms with E-state index in [1.54, 1.807) is 0 Å². The normalized spacial score (nSPS) is 14.7. The van der Waals surface area contributed by atoms with Crippen LogP contribution in [0.15, 0.2) is 12.1 Å². The van der Waals surface area contributed by atoms with Crippen molar-refractivity contribution in [3.8, 4) is 11.5 Å². The Morgan fingerprint density at radius 3 is 2.47 bits per heavy atom. The molecule has 1 heterocycles. The Balaban J connectivity index is 1.93. The van der Waals surface area contributed by atoms with Crippen molar-refractivity contribution in [3.63, 3.8) is 0 Å². The van der Waals surface area contributed by atoms with Crippen molar-refractivity contribution < 1.29 is 44.5 Å². The summed E-state index contributed by atoms with van der Waals surface area (Å²) >= 11 is 0. The van der Waals surface area contributed by atoms with Crippen LogP contribution >= 0.6 is 0 Å². The molecule has 1 atom stereocenters. The molecule has 0 saturated carbocycles. The summed E-state index contributed by atoms with van der Waals surface area (Å²) in [5.74, 6) is -3.18. The van der Waals surface area contributed by atoms with Crippen molar-refractivity contribution in [1.29, 1.82) is 0 Å². The summed E-state index contributed by atoms with van der Waals surface area (Å²) in [7, 11) is -1.58. The van der Waals surface area contributed by atoms with Gasteiger partial charge in [0.15, 0.2) is 0 Å². The molecule has 11 nitrogen and oxygen atoms in total. The summed E-state index contributed by atoms with van der Waals surface area (Å²) in [5, 5.41) is 46.2. The molecule has 30 heavy (non-hydrogen) atoms. The highest BCUT2D eigenvalue weighted by Crippen LogP contribution is 2.34. The molecule has 1 aliphatic rings. The third-order valence-corrected chi connectivity index (χ3v) is 4.77. The molecule has 164 valence electrons. The van der Waals surface area contributed by atoms with Gasteiger partial charge in [-0.05, 0) is 30.8 Å².